The number of anilines is 2. The Labute approximate surface area is 152 Å². The van der Waals surface area contributed by atoms with Crippen molar-refractivity contribution < 1.29 is 18.4 Å². The van der Waals surface area contributed by atoms with Crippen molar-refractivity contribution in [2.24, 2.45) is 5.92 Å². The highest BCUT2D eigenvalue weighted by atomic mass is 35.5. The fourth-order valence-electron chi connectivity index (χ4n) is 2.67. The highest BCUT2D eigenvalue weighted by molar-refractivity contribution is 6.35. The van der Waals surface area contributed by atoms with Gasteiger partial charge in [0.05, 0.1) is 5.92 Å². The molecular weight excluding hydrogens is 373 g/mol. The molecule has 0 aliphatic carbocycles. The molecule has 0 aromatic heterocycles. The number of halogens is 4. The van der Waals surface area contributed by atoms with E-state index in [4.69, 9.17) is 23.2 Å². The molecule has 1 fully saturated rings. The van der Waals surface area contributed by atoms with Crippen LogP contribution >= 0.6 is 23.2 Å². The van der Waals surface area contributed by atoms with Crippen LogP contribution < -0.4 is 10.2 Å². The number of benzene rings is 2. The van der Waals surface area contributed by atoms with Gasteiger partial charge >= 0.3 is 0 Å². The summed E-state index contributed by atoms with van der Waals surface area (Å²) in [6.07, 6.45) is -0.0773. The summed E-state index contributed by atoms with van der Waals surface area (Å²) in [5.74, 6) is -3.43. The molecule has 1 unspecified atom stereocenters. The Kier molecular flexibility index (Phi) is 4.92. The van der Waals surface area contributed by atoms with E-state index in [1.54, 1.807) is 12.1 Å². The lowest BCUT2D eigenvalue weighted by molar-refractivity contribution is -0.122. The van der Waals surface area contributed by atoms with Crippen molar-refractivity contribution in [3.63, 3.8) is 0 Å². The molecule has 1 saturated heterocycles. The van der Waals surface area contributed by atoms with Gasteiger partial charge in [-0.3, -0.25) is 9.59 Å². The van der Waals surface area contributed by atoms with Gasteiger partial charge in [-0.1, -0.05) is 29.3 Å². The Bertz CT molecular complexity index is 820. The summed E-state index contributed by atoms with van der Waals surface area (Å²) < 4.78 is 27.3. The number of rotatable bonds is 3. The number of nitrogens with zero attached hydrogens (tertiary/aromatic N) is 1. The Morgan fingerprint density at radius 3 is 2.32 bits per heavy atom. The molecule has 2 aromatic rings. The van der Waals surface area contributed by atoms with Crippen LogP contribution in [0.3, 0.4) is 0 Å². The van der Waals surface area contributed by atoms with Crippen LogP contribution in [0.25, 0.3) is 0 Å². The van der Waals surface area contributed by atoms with E-state index in [0.717, 1.165) is 12.1 Å². The molecule has 3 rings (SSSR count). The van der Waals surface area contributed by atoms with Crippen molar-refractivity contribution >= 4 is 46.4 Å². The van der Waals surface area contributed by atoms with Gasteiger partial charge in [-0.25, -0.2) is 8.78 Å². The minimum absolute atomic E-state index is 0.0669. The molecule has 0 spiro atoms. The number of hydrogen-bond acceptors (Lipinski definition) is 2. The highest BCUT2D eigenvalue weighted by Crippen LogP contribution is 2.31. The molecule has 1 aliphatic rings. The third kappa shape index (κ3) is 3.75. The first-order valence-electron chi connectivity index (χ1n) is 7.36. The minimum atomic E-state index is -0.879. The molecule has 0 saturated carbocycles. The maximum absolute atomic E-state index is 13.6. The van der Waals surface area contributed by atoms with E-state index in [-0.39, 0.29) is 18.9 Å². The molecule has 1 heterocycles. The lowest BCUT2D eigenvalue weighted by atomic mass is 10.1. The summed E-state index contributed by atoms with van der Waals surface area (Å²) >= 11 is 11.9. The molecular formula is C17H12Cl2F2N2O2. The maximum Gasteiger partial charge on any atom is 0.229 e. The van der Waals surface area contributed by atoms with E-state index in [9.17, 15) is 18.4 Å². The predicted molar refractivity (Wildman–Crippen MR) is 91.9 cm³/mol. The Morgan fingerprint density at radius 1 is 1.12 bits per heavy atom. The van der Waals surface area contributed by atoms with Crippen LogP contribution in [0, 0.1) is 17.6 Å². The maximum atomic E-state index is 13.6. The zero-order valence-corrected chi connectivity index (χ0v) is 14.2. The molecule has 4 nitrogen and oxygen atoms in total. The number of carbonyl (C=O) groups is 2. The van der Waals surface area contributed by atoms with E-state index < -0.39 is 29.1 Å². The summed E-state index contributed by atoms with van der Waals surface area (Å²) in [6, 6.07) is 7.92. The molecule has 1 N–H and O–H groups in total. The molecule has 8 heteroatoms. The topological polar surface area (TPSA) is 49.4 Å². The number of hydrogen-bond donors (Lipinski definition) is 1. The van der Waals surface area contributed by atoms with E-state index >= 15 is 0 Å². The van der Waals surface area contributed by atoms with Crippen LogP contribution in [0.4, 0.5) is 20.2 Å². The van der Waals surface area contributed by atoms with Gasteiger partial charge in [-0.15, -0.1) is 0 Å². The summed E-state index contributed by atoms with van der Waals surface area (Å²) in [7, 11) is 0. The number of carbonyl (C=O) groups excluding carboxylic acids is 2. The molecule has 0 radical (unpaired) electrons. The van der Waals surface area contributed by atoms with Gasteiger partial charge < -0.3 is 10.2 Å². The first-order chi connectivity index (χ1) is 11.8. The largest absolute Gasteiger partial charge is 0.321 e. The normalized spacial score (nSPS) is 17.0. The zero-order chi connectivity index (χ0) is 18.1. The van der Waals surface area contributed by atoms with Crippen LogP contribution in [-0.4, -0.2) is 18.4 Å². The van der Waals surface area contributed by atoms with Gasteiger partial charge in [0.15, 0.2) is 0 Å². The van der Waals surface area contributed by atoms with Crippen molar-refractivity contribution in [2.45, 2.75) is 6.42 Å². The Balaban J connectivity index is 1.77. The molecule has 2 amide bonds. The van der Waals surface area contributed by atoms with E-state index in [0.29, 0.717) is 15.7 Å². The predicted octanol–water partition coefficient (Wildman–Crippen LogP) is 4.26. The standard InChI is InChI=1S/C17H12Cl2F2N2O2/c18-10-5-11(19)7-12(6-10)23-8-9(4-15(23)24)17(25)22-16-13(20)2-1-3-14(16)21/h1-3,5-7,9H,4,8H2,(H,22,25). The van der Waals surface area contributed by atoms with Crippen LogP contribution in [-0.2, 0) is 9.59 Å². The third-order valence-corrected chi connectivity index (χ3v) is 4.30. The summed E-state index contributed by atoms with van der Waals surface area (Å²) in [5, 5.41) is 2.93. The molecule has 0 bridgehead atoms. The summed E-state index contributed by atoms with van der Waals surface area (Å²) in [6.45, 7) is 0.0669. The third-order valence-electron chi connectivity index (χ3n) is 3.87. The SMILES string of the molecule is O=C(Nc1c(F)cccc1F)C1CC(=O)N(c2cc(Cl)cc(Cl)c2)C1. The van der Waals surface area contributed by atoms with Crippen molar-refractivity contribution in [3.8, 4) is 0 Å². The lowest BCUT2D eigenvalue weighted by Crippen LogP contribution is -2.28. The second kappa shape index (κ2) is 6.98. The number of nitrogens with one attached hydrogen (secondary N) is 1. The van der Waals surface area contributed by atoms with Crippen molar-refractivity contribution in [2.75, 3.05) is 16.8 Å². The van der Waals surface area contributed by atoms with E-state index in [2.05, 4.69) is 5.32 Å². The zero-order valence-electron chi connectivity index (χ0n) is 12.7. The Morgan fingerprint density at radius 2 is 1.72 bits per heavy atom. The first kappa shape index (κ1) is 17.6. The van der Waals surface area contributed by atoms with Crippen molar-refractivity contribution in [3.05, 3.63) is 58.1 Å². The van der Waals surface area contributed by atoms with Crippen LogP contribution in [0.2, 0.25) is 10.0 Å². The molecule has 1 atom stereocenters. The molecule has 1 aliphatic heterocycles. The minimum Gasteiger partial charge on any atom is -0.321 e. The molecule has 130 valence electrons. The fraction of sp³-hybridized carbons (Fsp3) is 0.176. The lowest BCUT2D eigenvalue weighted by Gasteiger charge is -2.17. The monoisotopic (exact) mass is 384 g/mol. The first-order valence-corrected chi connectivity index (χ1v) is 8.12. The average molecular weight is 385 g/mol. The van der Waals surface area contributed by atoms with Gasteiger partial charge in [-0.05, 0) is 30.3 Å². The quantitative estimate of drug-likeness (QED) is 0.858. The van der Waals surface area contributed by atoms with Crippen LogP contribution in [0.1, 0.15) is 6.42 Å². The van der Waals surface area contributed by atoms with Gasteiger partial charge in [0.25, 0.3) is 0 Å². The van der Waals surface area contributed by atoms with Gasteiger partial charge in [0.2, 0.25) is 11.8 Å². The molecule has 25 heavy (non-hydrogen) atoms. The van der Waals surface area contributed by atoms with Gasteiger partial charge in [0.1, 0.15) is 17.3 Å². The highest BCUT2D eigenvalue weighted by Gasteiger charge is 2.35. The van der Waals surface area contributed by atoms with Gasteiger partial charge in [0, 0.05) is 28.7 Å². The second-order valence-corrected chi connectivity index (χ2v) is 6.49. The number of amides is 2. The van der Waals surface area contributed by atoms with E-state index in [1.807, 2.05) is 0 Å². The summed E-state index contributed by atoms with van der Waals surface area (Å²) in [4.78, 5) is 25.9. The molecule has 2 aromatic carbocycles. The fourth-order valence-corrected chi connectivity index (χ4v) is 3.18. The Hall–Kier alpha value is -2.18. The number of para-hydroxylation sites is 1. The van der Waals surface area contributed by atoms with E-state index in [1.165, 1.54) is 17.0 Å². The summed E-state index contributed by atoms with van der Waals surface area (Å²) in [5.41, 5.74) is -0.0564. The van der Waals surface area contributed by atoms with Crippen molar-refractivity contribution in [1.29, 1.82) is 0 Å². The average Bonchev–Trinajstić information content (AvgIpc) is 2.92. The van der Waals surface area contributed by atoms with Crippen LogP contribution in [0.5, 0.6) is 0 Å². The van der Waals surface area contributed by atoms with Crippen LogP contribution in [0.15, 0.2) is 36.4 Å². The van der Waals surface area contributed by atoms with Gasteiger partial charge in [-0.2, -0.15) is 0 Å². The smallest absolute Gasteiger partial charge is 0.229 e. The van der Waals surface area contributed by atoms with Crippen molar-refractivity contribution in [1.82, 2.24) is 0 Å². The second-order valence-electron chi connectivity index (χ2n) is 5.62.